The fourth-order valence-corrected chi connectivity index (χ4v) is 5.74. The first-order valence-corrected chi connectivity index (χ1v) is 12.1. The Hall–Kier alpha value is -3.50. The highest BCUT2D eigenvalue weighted by Gasteiger charge is 2.55. The molecule has 0 radical (unpaired) electrons. The lowest BCUT2D eigenvalue weighted by Crippen LogP contribution is -2.51. The second-order valence-electron chi connectivity index (χ2n) is 9.68. The third kappa shape index (κ3) is 3.09. The van der Waals surface area contributed by atoms with Gasteiger partial charge in [-0.15, -0.1) is 0 Å². The van der Waals surface area contributed by atoms with E-state index in [4.69, 9.17) is 19.4 Å². The molecule has 35 heavy (non-hydrogen) atoms. The molecule has 2 aliphatic carbocycles. The monoisotopic (exact) mass is 473 g/mol. The van der Waals surface area contributed by atoms with Gasteiger partial charge in [-0.3, -0.25) is 4.79 Å². The predicted molar refractivity (Wildman–Crippen MR) is 129 cm³/mol. The number of hydrogen-bond donors (Lipinski definition) is 2. The zero-order valence-electron chi connectivity index (χ0n) is 19.6. The fraction of sp³-hybridized carbons (Fsp3) is 0.440. The Morgan fingerprint density at radius 3 is 2.83 bits per heavy atom. The quantitative estimate of drug-likeness (QED) is 0.443. The molecule has 1 aliphatic heterocycles. The summed E-state index contributed by atoms with van der Waals surface area (Å²) in [4.78, 5) is 22.8. The minimum atomic E-state index is -0.187. The number of methoxy groups -OCH3 is 1. The summed E-state index contributed by atoms with van der Waals surface area (Å²) in [5.41, 5.74) is 3.68. The molecule has 10 heteroatoms. The Bertz CT molecular complexity index is 1450. The van der Waals surface area contributed by atoms with Crippen LogP contribution in [0.4, 0.5) is 5.82 Å². The lowest BCUT2D eigenvalue weighted by atomic mass is 9.89. The predicted octanol–water partition coefficient (Wildman–Crippen LogP) is 2.51. The van der Waals surface area contributed by atoms with Crippen LogP contribution in [0.3, 0.4) is 0 Å². The summed E-state index contributed by atoms with van der Waals surface area (Å²) in [7, 11) is 3.52. The van der Waals surface area contributed by atoms with E-state index in [1.807, 2.05) is 25.4 Å². The van der Waals surface area contributed by atoms with Crippen molar-refractivity contribution in [1.82, 2.24) is 29.5 Å². The van der Waals surface area contributed by atoms with Crippen LogP contribution in [0.25, 0.3) is 27.9 Å². The number of rotatable bonds is 6. The highest BCUT2D eigenvalue weighted by Crippen LogP contribution is 2.55. The highest BCUT2D eigenvalue weighted by atomic mass is 16.5. The fourth-order valence-electron chi connectivity index (χ4n) is 5.74. The zero-order chi connectivity index (χ0) is 23.7. The van der Waals surface area contributed by atoms with Gasteiger partial charge in [0.15, 0.2) is 5.65 Å². The Balaban J connectivity index is 1.32. The van der Waals surface area contributed by atoms with Gasteiger partial charge in [0.05, 0.1) is 37.3 Å². The highest BCUT2D eigenvalue weighted by molar-refractivity contribution is 6.01. The molecule has 2 saturated carbocycles. The topological polar surface area (TPSA) is 108 Å². The summed E-state index contributed by atoms with van der Waals surface area (Å²) < 4.78 is 15.0. The number of ether oxygens (including phenoxy) is 2. The van der Waals surface area contributed by atoms with E-state index < -0.39 is 0 Å². The van der Waals surface area contributed by atoms with Gasteiger partial charge in [0.1, 0.15) is 17.0 Å². The average Bonchev–Trinajstić information content (AvgIpc) is 3.29. The number of nitrogens with zero attached hydrogens (tertiary/aromatic N) is 5. The lowest BCUT2D eigenvalue weighted by molar-refractivity contribution is 0.00732. The summed E-state index contributed by atoms with van der Waals surface area (Å²) >= 11 is 0. The number of fused-ring (bicyclic) bond motifs is 3. The van der Waals surface area contributed by atoms with Crippen molar-refractivity contribution in [1.29, 1.82) is 0 Å². The van der Waals surface area contributed by atoms with Crippen LogP contribution in [-0.4, -0.2) is 69.6 Å². The molecule has 7 rings (SSSR count). The first kappa shape index (κ1) is 20.8. The molecule has 1 amide bonds. The van der Waals surface area contributed by atoms with Crippen molar-refractivity contribution in [3.63, 3.8) is 0 Å². The Morgan fingerprint density at radius 2 is 2.09 bits per heavy atom. The minimum Gasteiger partial charge on any atom is -0.381 e. The van der Waals surface area contributed by atoms with Gasteiger partial charge in [-0.2, -0.15) is 9.61 Å². The van der Waals surface area contributed by atoms with Crippen LogP contribution in [0.5, 0.6) is 0 Å². The van der Waals surface area contributed by atoms with Crippen molar-refractivity contribution >= 4 is 28.4 Å². The molecule has 0 spiro atoms. The number of nitrogens with one attached hydrogen (secondary N) is 2. The molecule has 5 heterocycles. The van der Waals surface area contributed by atoms with Gasteiger partial charge in [-0.05, 0) is 25.0 Å². The van der Waals surface area contributed by atoms with Crippen molar-refractivity contribution in [2.75, 3.05) is 32.7 Å². The summed E-state index contributed by atoms with van der Waals surface area (Å²) in [6, 6.07) is 6.43. The van der Waals surface area contributed by atoms with E-state index in [1.165, 1.54) is 0 Å². The van der Waals surface area contributed by atoms with Crippen molar-refractivity contribution < 1.29 is 14.3 Å². The van der Waals surface area contributed by atoms with Crippen LogP contribution < -0.4 is 10.6 Å². The number of aromatic nitrogens is 5. The van der Waals surface area contributed by atoms with Gasteiger partial charge in [-0.25, -0.2) is 9.97 Å². The zero-order valence-corrected chi connectivity index (χ0v) is 19.6. The molecule has 2 unspecified atom stereocenters. The van der Waals surface area contributed by atoms with E-state index in [-0.39, 0.29) is 18.1 Å². The van der Waals surface area contributed by atoms with Crippen LogP contribution in [0.2, 0.25) is 0 Å². The molecule has 0 aromatic carbocycles. The molecule has 0 bridgehead atoms. The molecule has 4 aromatic heterocycles. The number of anilines is 1. The van der Waals surface area contributed by atoms with Crippen LogP contribution in [0.1, 0.15) is 29.2 Å². The molecule has 3 aliphatic rings. The first-order valence-electron chi connectivity index (χ1n) is 12.1. The Labute approximate surface area is 201 Å². The summed E-state index contributed by atoms with van der Waals surface area (Å²) in [6.07, 6.45) is 7.49. The van der Waals surface area contributed by atoms with Gasteiger partial charge < -0.3 is 24.7 Å². The van der Waals surface area contributed by atoms with E-state index in [0.717, 1.165) is 54.2 Å². The van der Waals surface area contributed by atoms with Gasteiger partial charge in [-0.1, -0.05) is 0 Å². The van der Waals surface area contributed by atoms with Crippen LogP contribution in [0, 0.1) is 11.8 Å². The Kier molecular flexibility index (Phi) is 4.62. The van der Waals surface area contributed by atoms with Crippen LogP contribution in [0.15, 0.2) is 36.8 Å². The number of pyridine rings is 1. The van der Waals surface area contributed by atoms with Crippen LogP contribution in [-0.2, 0) is 9.47 Å². The van der Waals surface area contributed by atoms with Gasteiger partial charge in [0, 0.05) is 61.4 Å². The largest absolute Gasteiger partial charge is 0.381 e. The molecule has 180 valence electrons. The van der Waals surface area contributed by atoms with Gasteiger partial charge in [0.25, 0.3) is 5.91 Å². The third-order valence-electron chi connectivity index (χ3n) is 7.90. The molecule has 2 N–H and O–H groups in total. The molecule has 3 fully saturated rings. The molecule has 5 atom stereocenters. The second-order valence-corrected chi connectivity index (χ2v) is 9.68. The molecule has 1 saturated heterocycles. The summed E-state index contributed by atoms with van der Waals surface area (Å²) in [6.45, 7) is 1.62. The van der Waals surface area contributed by atoms with E-state index >= 15 is 0 Å². The van der Waals surface area contributed by atoms with Crippen molar-refractivity contribution in [3.05, 3.63) is 42.4 Å². The normalized spacial score (nSPS) is 27.1. The maximum Gasteiger partial charge on any atom is 0.257 e. The van der Waals surface area contributed by atoms with Crippen molar-refractivity contribution in [2.24, 2.45) is 11.8 Å². The van der Waals surface area contributed by atoms with Gasteiger partial charge in [0.2, 0.25) is 0 Å². The molecular formula is C25H27N7O3. The van der Waals surface area contributed by atoms with Gasteiger partial charge >= 0.3 is 0 Å². The maximum absolute atomic E-state index is 13.2. The average molecular weight is 474 g/mol. The minimum absolute atomic E-state index is 0.0143. The lowest BCUT2D eigenvalue weighted by Gasteiger charge is -2.35. The third-order valence-corrected chi connectivity index (χ3v) is 7.90. The Morgan fingerprint density at radius 1 is 1.23 bits per heavy atom. The number of carbonyl (C=O) groups is 1. The first-order chi connectivity index (χ1) is 17.2. The maximum atomic E-state index is 13.2. The smallest absolute Gasteiger partial charge is 0.257 e. The van der Waals surface area contributed by atoms with Crippen molar-refractivity contribution in [2.45, 2.75) is 31.0 Å². The summed E-state index contributed by atoms with van der Waals surface area (Å²) in [5.74, 6) is 1.67. The standard InChI is InChI=1S/C25H27N7O3/c1-26-21-8-19(29-24-14(9-28-32(21)24)25(33)30-18-5-6-20(18)34-2)15-10-31(22-16-11-35-12-17(16)22)23-13(15)4-3-7-27-23/h3-4,7-10,16-18,20,22,26H,5-6,11-12H2,1-2H3,(H,30,33)/t16-,17+,18?,20-,22?/m0/s1. The van der Waals surface area contributed by atoms with Crippen LogP contribution >= 0.6 is 0 Å². The van der Waals surface area contributed by atoms with E-state index in [1.54, 1.807) is 17.8 Å². The summed E-state index contributed by atoms with van der Waals surface area (Å²) in [5, 5.41) is 11.8. The second kappa shape index (κ2) is 7.76. The SMILES string of the molecule is CNc1cc(-c2cn(C3[C@H]4COC[C@@H]34)c3ncccc23)nc2c(C(=O)NC3CC[C@@H]3OC)cnn12. The van der Waals surface area contributed by atoms with Crippen molar-refractivity contribution in [3.8, 4) is 11.3 Å². The van der Waals surface area contributed by atoms with E-state index in [9.17, 15) is 4.79 Å². The molecule has 4 aromatic rings. The molecule has 10 nitrogen and oxygen atoms in total. The van der Waals surface area contributed by atoms with E-state index in [2.05, 4.69) is 32.6 Å². The number of amides is 1. The molecular weight excluding hydrogens is 446 g/mol. The van der Waals surface area contributed by atoms with E-state index in [0.29, 0.717) is 29.1 Å². The number of carbonyl (C=O) groups excluding carboxylic acids is 1. The number of hydrogen-bond acceptors (Lipinski definition) is 7.